The van der Waals surface area contributed by atoms with E-state index in [2.05, 4.69) is 14.8 Å². The molecule has 0 bridgehead atoms. The van der Waals surface area contributed by atoms with Crippen molar-refractivity contribution in [2.75, 3.05) is 6.61 Å². The Bertz CT molecular complexity index is 460. The Kier molecular flexibility index (Phi) is 4.11. The zero-order valence-electron chi connectivity index (χ0n) is 8.38. The summed E-state index contributed by atoms with van der Waals surface area (Å²) in [5.41, 5.74) is 7.95. The van der Waals surface area contributed by atoms with Gasteiger partial charge in [-0.15, -0.1) is 0 Å². The van der Waals surface area contributed by atoms with Crippen LogP contribution in [0.4, 0.5) is 4.39 Å². The van der Waals surface area contributed by atoms with Gasteiger partial charge in [-0.25, -0.2) is 9.18 Å². The number of halogens is 1. The lowest BCUT2D eigenvalue weighted by Gasteiger charge is -1.99. The molecule has 84 valence electrons. The van der Waals surface area contributed by atoms with Gasteiger partial charge < -0.3 is 9.15 Å². The normalized spacial score (nSPS) is 10.8. The minimum atomic E-state index is -0.794. The Hall–Kier alpha value is -2.27. The summed E-state index contributed by atoms with van der Waals surface area (Å²) in [5.74, 6) is -1.32. The highest BCUT2D eigenvalue weighted by atomic mass is 19.1. The zero-order chi connectivity index (χ0) is 12.0. The molecular formula is C9H8FN3O3. The van der Waals surface area contributed by atoms with Crippen LogP contribution >= 0.6 is 0 Å². The summed E-state index contributed by atoms with van der Waals surface area (Å²) in [6.45, 7) is 1.75. The van der Waals surface area contributed by atoms with Crippen LogP contribution in [-0.4, -0.2) is 12.6 Å². The maximum Gasteiger partial charge on any atom is 0.340 e. The molecule has 0 atom stereocenters. The number of carbonyl (C=O) groups is 1. The molecule has 0 unspecified atom stereocenters. The van der Waals surface area contributed by atoms with E-state index < -0.39 is 11.8 Å². The van der Waals surface area contributed by atoms with Gasteiger partial charge in [-0.2, -0.15) is 0 Å². The van der Waals surface area contributed by atoms with Gasteiger partial charge in [-0.1, -0.05) is 5.11 Å². The minimum Gasteiger partial charge on any atom is -0.462 e. The van der Waals surface area contributed by atoms with Crippen LogP contribution in [0.1, 0.15) is 12.7 Å². The second kappa shape index (κ2) is 5.57. The van der Waals surface area contributed by atoms with Gasteiger partial charge in [0.1, 0.15) is 17.7 Å². The molecule has 1 rings (SSSR count). The second-order valence-electron chi connectivity index (χ2n) is 2.61. The third-order valence-corrected chi connectivity index (χ3v) is 1.50. The summed E-state index contributed by atoms with van der Waals surface area (Å²) < 4.78 is 21.9. The molecule has 0 aliphatic heterocycles. The Labute approximate surface area is 89.9 Å². The van der Waals surface area contributed by atoms with Crippen LogP contribution in [0, 0.1) is 5.82 Å². The number of esters is 1. The summed E-state index contributed by atoms with van der Waals surface area (Å²) in [7, 11) is 0. The van der Waals surface area contributed by atoms with Crippen LogP contribution in [0.25, 0.3) is 16.5 Å². The average molecular weight is 225 g/mol. The molecule has 0 amide bonds. The van der Waals surface area contributed by atoms with E-state index in [0.717, 1.165) is 18.4 Å². The molecule has 7 heteroatoms. The Morgan fingerprint density at radius 3 is 3.06 bits per heavy atom. The highest BCUT2D eigenvalue weighted by Gasteiger charge is 2.10. The molecule has 1 aromatic rings. The monoisotopic (exact) mass is 225 g/mol. The molecule has 0 radical (unpaired) electrons. The summed E-state index contributed by atoms with van der Waals surface area (Å²) in [6, 6.07) is 1.05. The maximum atomic E-state index is 12.6. The van der Waals surface area contributed by atoms with Crippen molar-refractivity contribution < 1.29 is 18.3 Å². The number of furan rings is 1. The molecule has 0 N–H and O–H groups in total. The van der Waals surface area contributed by atoms with Crippen LogP contribution in [-0.2, 0) is 9.53 Å². The fraction of sp³-hybridized carbons (Fsp3) is 0.222. The fourth-order valence-electron chi connectivity index (χ4n) is 0.921. The van der Waals surface area contributed by atoms with Crippen molar-refractivity contribution in [3.8, 4) is 0 Å². The lowest BCUT2D eigenvalue weighted by atomic mass is 10.3. The molecule has 0 aromatic carbocycles. The zero-order valence-corrected chi connectivity index (χ0v) is 8.38. The highest BCUT2D eigenvalue weighted by molar-refractivity contribution is 5.92. The van der Waals surface area contributed by atoms with E-state index in [-0.39, 0.29) is 18.1 Å². The largest absolute Gasteiger partial charge is 0.462 e. The van der Waals surface area contributed by atoms with E-state index in [4.69, 9.17) is 9.95 Å². The van der Waals surface area contributed by atoms with Crippen LogP contribution in [0.15, 0.2) is 27.6 Å². The number of hydrogen-bond donors (Lipinski definition) is 0. The van der Waals surface area contributed by atoms with E-state index in [0.29, 0.717) is 0 Å². The summed E-state index contributed by atoms with van der Waals surface area (Å²) in [6.07, 6.45) is 1.96. The maximum absolute atomic E-state index is 12.6. The number of nitrogens with zero attached hydrogens (tertiary/aromatic N) is 3. The highest BCUT2D eigenvalue weighted by Crippen LogP contribution is 2.12. The number of azide groups is 1. The predicted molar refractivity (Wildman–Crippen MR) is 52.4 cm³/mol. The summed E-state index contributed by atoms with van der Waals surface area (Å²) >= 11 is 0. The molecule has 16 heavy (non-hydrogen) atoms. The van der Waals surface area contributed by atoms with E-state index in [1.807, 2.05) is 0 Å². The topological polar surface area (TPSA) is 88.2 Å². The van der Waals surface area contributed by atoms with E-state index >= 15 is 0 Å². The lowest BCUT2D eigenvalue weighted by molar-refractivity contribution is -0.138. The Morgan fingerprint density at radius 1 is 1.81 bits per heavy atom. The number of hydrogen-bond acceptors (Lipinski definition) is 4. The molecule has 0 fully saturated rings. The van der Waals surface area contributed by atoms with E-state index in [1.54, 1.807) is 6.92 Å². The number of rotatable bonds is 4. The molecule has 0 aliphatic carbocycles. The quantitative estimate of drug-likeness (QED) is 0.259. The van der Waals surface area contributed by atoms with Crippen LogP contribution in [0.2, 0.25) is 0 Å². The fourth-order valence-corrected chi connectivity index (χ4v) is 0.921. The molecule has 1 aromatic heterocycles. The van der Waals surface area contributed by atoms with E-state index in [1.165, 1.54) is 0 Å². The van der Waals surface area contributed by atoms with Crippen molar-refractivity contribution in [2.24, 2.45) is 5.11 Å². The van der Waals surface area contributed by atoms with Crippen molar-refractivity contribution in [1.82, 2.24) is 0 Å². The van der Waals surface area contributed by atoms with Crippen LogP contribution in [0.3, 0.4) is 0 Å². The molecule has 6 nitrogen and oxygen atoms in total. The van der Waals surface area contributed by atoms with Crippen molar-refractivity contribution >= 4 is 12.0 Å². The van der Waals surface area contributed by atoms with Gasteiger partial charge >= 0.3 is 5.97 Å². The van der Waals surface area contributed by atoms with Gasteiger partial charge in [0.15, 0.2) is 5.82 Å². The molecule has 0 spiro atoms. The standard InChI is InChI=1S/C9H8FN3O3/c1-2-15-9(14)8(12-13-11)4-7-3-6(10)5-16-7/h3-5H,2H2,1H3/b8-4-. The van der Waals surface area contributed by atoms with Crippen LogP contribution in [0.5, 0.6) is 0 Å². The van der Waals surface area contributed by atoms with Gasteiger partial charge in [-0.05, 0) is 18.5 Å². The van der Waals surface area contributed by atoms with Crippen LogP contribution < -0.4 is 0 Å². The Balaban J connectivity index is 2.97. The lowest BCUT2D eigenvalue weighted by Crippen LogP contribution is -2.05. The SMILES string of the molecule is CCOC(=O)/C(=C/c1cc(F)co1)N=[N+]=[N-]. The van der Waals surface area contributed by atoms with Gasteiger partial charge in [0.05, 0.1) is 6.61 Å². The molecule has 0 aliphatic rings. The van der Waals surface area contributed by atoms with E-state index in [9.17, 15) is 9.18 Å². The molecule has 0 saturated carbocycles. The first-order chi connectivity index (χ1) is 7.67. The van der Waals surface area contributed by atoms with Gasteiger partial charge in [0, 0.05) is 11.0 Å². The first kappa shape index (κ1) is 11.8. The van der Waals surface area contributed by atoms with Gasteiger partial charge in [0.25, 0.3) is 0 Å². The van der Waals surface area contributed by atoms with Crippen molar-refractivity contribution in [2.45, 2.75) is 6.92 Å². The average Bonchev–Trinajstić information content (AvgIpc) is 2.64. The Morgan fingerprint density at radius 2 is 2.56 bits per heavy atom. The predicted octanol–water partition coefficient (Wildman–Crippen LogP) is 2.63. The number of carbonyl (C=O) groups excluding carboxylic acids is 1. The molecule has 0 saturated heterocycles. The van der Waals surface area contributed by atoms with Crippen molar-refractivity contribution in [1.29, 1.82) is 0 Å². The summed E-state index contributed by atoms with van der Waals surface area (Å²) in [4.78, 5) is 13.7. The van der Waals surface area contributed by atoms with Gasteiger partial charge in [-0.3, -0.25) is 0 Å². The second-order valence-corrected chi connectivity index (χ2v) is 2.61. The first-order valence-corrected chi connectivity index (χ1v) is 4.35. The molecule has 1 heterocycles. The third-order valence-electron chi connectivity index (χ3n) is 1.50. The molecular weight excluding hydrogens is 217 g/mol. The smallest absolute Gasteiger partial charge is 0.340 e. The number of ether oxygens (including phenoxy) is 1. The van der Waals surface area contributed by atoms with Crippen molar-refractivity contribution in [3.05, 3.63) is 40.0 Å². The summed E-state index contributed by atoms with van der Waals surface area (Å²) in [5, 5.41) is 3.13. The van der Waals surface area contributed by atoms with Crippen molar-refractivity contribution in [3.63, 3.8) is 0 Å². The third kappa shape index (κ3) is 3.14. The first-order valence-electron chi connectivity index (χ1n) is 4.35. The van der Waals surface area contributed by atoms with Gasteiger partial charge in [0.2, 0.25) is 0 Å². The minimum absolute atomic E-state index is 0.0629.